The Bertz CT molecular complexity index is 1200. The van der Waals surface area contributed by atoms with Gasteiger partial charge in [-0.05, 0) is 30.7 Å². The predicted octanol–water partition coefficient (Wildman–Crippen LogP) is 3.73. The lowest BCUT2D eigenvalue weighted by Crippen LogP contribution is -2.42. The van der Waals surface area contributed by atoms with E-state index in [1.165, 1.54) is 0 Å². The van der Waals surface area contributed by atoms with Gasteiger partial charge < -0.3 is 19.3 Å². The van der Waals surface area contributed by atoms with Crippen LogP contribution in [0.25, 0.3) is 22.3 Å². The molecule has 3 aromatic rings. The lowest BCUT2D eigenvalue weighted by Gasteiger charge is -2.31. The zero-order valence-electron chi connectivity index (χ0n) is 21.1. The Morgan fingerprint density at radius 1 is 0.892 bits per heavy atom. The number of anilines is 1. The van der Waals surface area contributed by atoms with Crippen LogP contribution in [0.2, 0.25) is 5.02 Å². The molecule has 2 aromatic carbocycles. The molecule has 0 spiro atoms. The van der Waals surface area contributed by atoms with E-state index in [1.807, 2.05) is 47.4 Å². The minimum absolute atomic E-state index is 0.158. The van der Waals surface area contributed by atoms with E-state index in [2.05, 4.69) is 15.9 Å². The summed E-state index contributed by atoms with van der Waals surface area (Å²) >= 11 is 6.53. The van der Waals surface area contributed by atoms with Crippen molar-refractivity contribution < 1.29 is 14.3 Å². The zero-order chi connectivity index (χ0) is 25.5. The smallest absolute Gasteiger partial charge is 0.224 e. The second kappa shape index (κ2) is 12.6. The second-order valence-electron chi connectivity index (χ2n) is 9.41. The number of amides is 1. The molecular weight excluding hydrogens is 490 g/mol. The topological polar surface area (TPSA) is 71.0 Å². The van der Waals surface area contributed by atoms with Gasteiger partial charge in [0.05, 0.1) is 37.0 Å². The highest BCUT2D eigenvalue weighted by atomic mass is 35.5. The van der Waals surface area contributed by atoms with Crippen LogP contribution >= 0.6 is 11.6 Å². The van der Waals surface area contributed by atoms with Gasteiger partial charge in [0.25, 0.3) is 0 Å². The molecule has 9 heteroatoms. The Balaban J connectivity index is 1.42. The molecule has 3 heterocycles. The summed E-state index contributed by atoms with van der Waals surface area (Å²) in [4.78, 5) is 29.5. The van der Waals surface area contributed by atoms with Crippen molar-refractivity contribution in [2.24, 2.45) is 0 Å². The first kappa shape index (κ1) is 25.9. The number of ether oxygens (including phenoxy) is 2. The summed E-state index contributed by atoms with van der Waals surface area (Å²) in [5.41, 5.74) is 1.66. The molecule has 0 atom stereocenters. The monoisotopic (exact) mass is 523 g/mol. The summed E-state index contributed by atoms with van der Waals surface area (Å²) in [7, 11) is 0. The van der Waals surface area contributed by atoms with Crippen LogP contribution in [0.4, 0.5) is 5.82 Å². The Hall–Kier alpha value is -2.78. The lowest BCUT2D eigenvalue weighted by molar-refractivity contribution is -0.135. The number of rotatable bonds is 9. The van der Waals surface area contributed by atoms with Crippen molar-refractivity contribution in [2.75, 3.05) is 77.1 Å². The first-order valence-corrected chi connectivity index (χ1v) is 13.5. The Labute approximate surface area is 223 Å². The normalized spacial score (nSPS) is 16.7. The molecule has 2 aliphatic heterocycles. The highest BCUT2D eigenvalue weighted by Crippen LogP contribution is 2.31. The third kappa shape index (κ3) is 6.57. The number of hydrogen-bond donors (Lipinski definition) is 0. The van der Waals surface area contributed by atoms with Crippen LogP contribution in [-0.2, 0) is 14.3 Å². The highest BCUT2D eigenvalue weighted by Gasteiger charge is 2.21. The average molecular weight is 524 g/mol. The summed E-state index contributed by atoms with van der Waals surface area (Å²) < 4.78 is 10.9. The quantitative estimate of drug-likeness (QED) is 0.423. The summed E-state index contributed by atoms with van der Waals surface area (Å²) in [6.07, 6.45) is 1.39. The van der Waals surface area contributed by atoms with E-state index in [4.69, 9.17) is 31.0 Å². The van der Waals surface area contributed by atoms with Crippen LogP contribution in [0.1, 0.15) is 12.8 Å². The van der Waals surface area contributed by atoms with Gasteiger partial charge in [0.1, 0.15) is 5.82 Å². The van der Waals surface area contributed by atoms with Crippen LogP contribution in [-0.4, -0.2) is 97.9 Å². The fraction of sp³-hybridized carbons (Fsp3) is 0.464. The van der Waals surface area contributed by atoms with Gasteiger partial charge in [0.2, 0.25) is 5.91 Å². The van der Waals surface area contributed by atoms with E-state index < -0.39 is 0 Å². The van der Waals surface area contributed by atoms with Gasteiger partial charge in [-0.1, -0.05) is 35.9 Å². The van der Waals surface area contributed by atoms with Crippen LogP contribution in [0.3, 0.4) is 0 Å². The summed E-state index contributed by atoms with van der Waals surface area (Å²) in [5.74, 6) is 1.60. The summed E-state index contributed by atoms with van der Waals surface area (Å²) in [6, 6.07) is 15.7. The Morgan fingerprint density at radius 3 is 2.38 bits per heavy atom. The lowest BCUT2D eigenvalue weighted by atomic mass is 10.1. The standard InChI is InChI=1S/C28H34ClN5O3/c29-24-8-3-1-6-22(24)27-30-25-9-4-2-7-23(25)28(31-27)34(12-5-11-32-14-18-36-19-15-32)13-10-26(35)33-16-20-37-21-17-33/h1-4,6-9H,5,10-21H2. The van der Waals surface area contributed by atoms with Crippen LogP contribution in [0.15, 0.2) is 48.5 Å². The van der Waals surface area contributed by atoms with E-state index >= 15 is 0 Å². The van der Waals surface area contributed by atoms with E-state index in [-0.39, 0.29) is 5.91 Å². The van der Waals surface area contributed by atoms with E-state index in [0.717, 1.165) is 68.1 Å². The molecular formula is C28H34ClN5O3. The number of carbonyl (C=O) groups is 1. The maximum atomic E-state index is 13.0. The van der Waals surface area contributed by atoms with Gasteiger partial charge in [-0.2, -0.15) is 0 Å². The van der Waals surface area contributed by atoms with E-state index in [0.29, 0.717) is 50.1 Å². The van der Waals surface area contributed by atoms with Crippen molar-refractivity contribution in [3.05, 3.63) is 53.6 Å². The largest absolute Gasteiger partial charge is 0.379 e. The van der Waals surface area contributed by atoms with Gasteiger partial charge in [0.15, 0.2) is 5.82 Å². The molecule has 0 aliphatic carbocycles. The number of nitrogens with zero attached hydrogens (tertiary/aromatic N) is 5. The van der Waals surface area contributed by atoms with E-state index in [1.54, 1.807) is 0 Å². The third-order valence-corrected chi connectivity index (χ3v) is 7.29. The predicted molar refractivity (Wildman–Crippen MR) is 146 cm³/mol. The molecule has 1 amide bonds. The summed E-state index contributed by atoms with van der Waals surface area (Å²) in [5, 5.41) is 1.59. The number of aromatic nitrogens is 2. The van der Waals surface area contributed by atoms with E-state index in [9.17, 15) is 4.79 Å². The van der Waals surface area contributed by atoms with Crippen molar-refractivity contribution in [1.82, 2.24) is 19.8 Å². The maximum absolute atomic E-state index is 13.0. The Kier molecular flexibility index (Phi) is 8.84. The highest BCUT2D eigenvalue weighted by molar-refractivity contribution is 6.33. The molecule has 1 aromatic heterocycles. The molecule has 0 saturated carbocycles. The minimum Gasteiger partial charge on any atom is -0.379 e. The number of para-hydroxylation sites is 1. The number of carbonyl (C=O) groups excluding carboxylic acids is 1. The average Bonchev–Trinajstić information content (AvgIpc) is 2.95. The molecule has 0 radical (unpaired) electrons. The molecule has 2 aliphatic rings. The fourth-order valence-corrected chi connectivity index (χ4v) is 5.12. The number of morpholine rings is 2. The SMILES string of the molecule is O=C(CCN(CCCN1CCOCC1)c1nc(-c2ccccc2Cl)nc2ccccc12)N1CCOCC1. The van der Waals surface area contributed by atoms with Crippen molar-refractivity contribution in [3.8, 4) is 11.4 Å². The molecule has 196 valence electrons. The molecule has 5 rings (SSSR count). The second-order valence-corrected chi connectivity index (χ2v) is 9.81. The molecule has 8 nitrogen and oxygen atoms in total. The first-order chi connectivity index (χ1) is 18.2. The number of hydrogen-bond acceptors (Lipinski definition) is 7. The first-order valence-electron chi connectivity index (χ1n) is 13.1. The van der Waals surface area contributed by atoms with Gasteiger partial charge in [-0.25, -0.2) is 9.97 Å². The van der Waals surface area contributed by atoms with Gasteiger partial charge in [-0.15, -0.1) is 0 Å². The van der Waals surface area contributed by atoms with Crippen LogP contribution < -0.4 is 4.90 Å². The molecule has 37 heavy (non-hydrogen) atoms. The van der Waals surface area contributed by atoms with Gasteiger partial charge in [0, 0.05) is 63.2 Å². The molecule has 0 bridgehead atoms. The molecule has 2 saturated heterocycles. The number of benzene rings is 2. The number of halogens is 1. The fourth-order valence-electron chi connectivity index (χ4n) is 4.90. The minimum atomic E-state index is 0.158. The van der Waals surface area contributed by atoms with Crippen LogP contribution in [0, 0.1) is 0 Å². The van der Waals surface area contributed by atoms with Crippen molar-refractivity contribution in [2.45, 2.75) is 12.8 Å². The molecule has 0 N–H and O–H groups in total. The number of fused-ring (bicyclic) bond motifs is 1. The Morgan fingerprint density at radius 2 is 1.59 bits per heavy atom. The van der Waals surface area contributed by atoms with Crippen molar-refractivity contribution in [1.29, 1.82) is 0 Å². The zero-order valence-corrected chi connectivity index (χ0v) is 21.9. The summed E-state index contributed by atoms with van der Waals surface area (Å²) in [6.45, 7) is 8.37. The van der Waals surface area contributed by atoms with Crippen LogP contribution in [0.5, 0.6) is 0 Å². The third-order valence-electron chi connectivity index (χ3n) is 6.96. The van der Waals surface area contributed by atoms with Crippen molar-refractivity contribution >= 4 is 34.2 Å². The molecule has 0 unspecified atom stereocenters. The molecule has 2 fully saturated rings. The maximum Gasteiger partial charge on any atom is 0.224 e. The van der Waals surface area contributed by atoms with Gasteiger partial charge in [-0.3, -0.25) is 9.69 Å². The van der Waals surface area contributed by atoms with Crippen molar-refractivity contribution in [3.63, 3.8) is 0 Å². The van der Waals surface area contributed by atoms with Gasteiger partial charge >= 0.3 is 0 Å².